The summed E-state index contributed by atoms with van der Waals surface area (Å²) in [6, 6.07) is 13.0. The summed E-state index contributed by atoms with van der Waals surface area (Å²) in [7, 11) is 0. The van der Waals surface area contributed by atoms with E-state index >= 15 is 0 Å². The average molecular weight is 520 g/mol. The smallest absolute Gasteiger partial charge is 0.269 e. The highest BCUT2D eigenvalue weighted by molar-refractivity contribution is 7.99. The fraction of sp³-hybridized carbons (Fsp3) is 0.500. The molecule has 0 spiro atoms. The minimum Gasteiger partial charge on any atom is -0.379 e. The van der Waals surface area contributed by atoms with Crippen LogP contribution in [-0.2, 0) is 16.1 Å². The van der Waals surface area contributed by atoms with Crippen LogP contribution >= 0.6 is 23.4 Å². The van der Waals surface area contributed by atoms with E-state index in [-0.39, 0.29) is 24.0 Å². The van der Waals surface area contributed by atoms with Crippen molar-refractivity contribution in [2.45, 2.75) is 43.5 Å². The Morgan fingerprint density at radius 1 is 1.20 bits per heavy atom. The van der Waals surface area contributed by atoms with Crippen LogP contribution in [0.2, 0.25) is 0 Å². The molecule has 1 fully saturated rings. The Balaban J connectivity index is 1.84. The third kappa shape index (κ3) is 7.93. The lowest BCUT2D eigenvalue weighted by Gasteiger charge is -2.32. The Labute approximate surface area is 216 Å². The number of hydrogen-bond donors (Lipinski definition) is 0. The predicted molar refractivity (Wildman–Crippen MR) is 140 cm³/mol. The van der Waals surface area contributed by atoms with Crippen LogP contribution in [0.4, 0.5) is 5.69 Å². The number of nitrogens with zero attached hydrogens (tertiary/aromatic N) is 3. The van der Waals surface area contributed by atoms with Crippen molar-refractivity contribution in [2.24, 2.45) is 5.41 Å². The third-order valence-electron chi connectivity index (χ3n) is 6.07. The quantitative estimate of drug-likeness (QED) is 0.226. The van der Waals surface area contributed by atoms with E-state index in [0.29, 0.717) is 6.54 Å². The first-order chi connectivity index (χ1) is 16.7. The molecule has 1 saturated heterocycles. The van der Waals surface area contributed by atoms with Crippen LogP contribution in [0.15, 0.2) is 52.3 Å². The highest BCUT2D eigenvalue weighted by atomic mass is 35.5. The zero-order valence-corrected chi connectivity index (χ0v) is 22.2. The van der Waals surface area contributed by atoms with Crippen molar-refractivity contribution >= 4 is 35.0 Å². The van der Waals surface area contributed by atoms with Gasteiger partial charge in [0.2, 0.25) is 5.91 Å². The summed E-state index contributed by atoms with van der Waals surface area (Å²) in [6.07, 6.45) is 0.805. The van der Waals surface area contributed by atoms with E-state index < -0.39 is 10.3 Å². The molecule has 2 aromatic rings. The number of halogens is 1. The van der Waals surface area contributed by atoms with Gasteiger partial charge in [0.25, 0.3) is 5.69 Å². The molecule has 2 aromatic carbocycles. The molecule has 0 unspecified atom stereocenters. The first kappa shape index (κ1) is 27.5. The molecule has 35 heavy (non-hydrogen) atoms. The second kappa shape index (κ2) is 12.7. The van der Waals surface area contributed by atoms with Crippen molar-refractivity contribution in [3.8, 4) is 0 Å². The zero-order chi connectivity index (χ0) is 25.4. The Kier molecular flexibility index (Phi) is 9.98. The number of amides is 1. The number of aryl methyl sites for hydroxylation is 1. The van der Waals surface area contributed by atoms with Gasteiger partial charge in [0.15, 0.2) is 0 Å². The Morgan fingerprint density at radius 2 is 1.89 bits per heavy atom. The second-order valence-electron chi connectivity index (χ2n) is 9.52. The summed E-state index contributed by atoms with van der Waals surface area (Å²) in [5, 5.41) is 11.5. The molecule has 3 rings (SSSR count). The van der Waals surface area contributed by atoms with Crippen molar-refractivity contribution in [1.29, 1.82) is 0 Å². The molecular formula is C26H34ClN3O4S. The summed E-state index contributed by atoms with van der Waals surface area (Å²) in [5.41, 5.74) is 1.21. The third-order valence-corrected chi connectivity index (χ3v) is 7.87. The highest BCUT2D eigenvalue weighted by Gasteiger charge is 2.32. The van der Waals surface area contributed by atoms with E-state index in [1.807, 2.05) is 45.0 Å². The molecule has 0 bridgehead atoms. The summed E-state index contributed by atoms with van der Waals surface area (Å²) in [6.45, 7) is 10.7. The van der Waals surface area contributed by atoms with Gasteiger partial charge in [-0.05, 0) is 51.0 Å². The maximum atomic E-state index is 13.5. The van der Waals surface area contributed by atoms with Gasteiger partial charge in [0.1, 0.15) is 0 Å². The lowest BCUT2D eigenvalue weighted by Crippen LogP contribution is -2.43. The number of nitro benzene ring substituents is 1. The van der Waals surface area contributed by atoms with Gasteiger partial charge in [-0.15, -0.1) is 11.6 Å². The number of alkyl halides is 1. The molecule has 0 N–H and O–H groups in total. The van der Waals surface area contributed by atoms with Gasteiger partial charge in [-0.1, -0.05) is 29.5 Å². The van der Waals surface area contributed by atoms with E-state index in [9.17, 15) is 14.9 Å². The molecule has 0 aliphatic carbocycles. The summed E-state index contributed by atoms with van der Waals surface area (Å²) in [4.78, 5) is 30.7. The Bertz CT molecular complexity index is 1010. The molecule has 0 radical (unpaired) electrons. The van der Waals surface area contributed by atoms with E-state index in [2.05, 4.69) is 4.90 Å². The molecule has 1 heterocycles. The number of nitro groups is 1. The zero-order valence-electron chi connectivity index (χ0n) is 20.7. The van der Waals surface area contributed by atoms with Crippen molar-refractivity contribution in [3.05, 3.63) is 63.7 Å². The topological polar surface area (TPSA) is 75.9 Å². The van der Waals surface area contributed by atoms with Gasteiger partial charge in [0, 0.05) is 60.5 Å². The minimum atomic E-state index is -0.731. The van der Waals surface area contributed by atoms with Gasteiger partial charge < -0.3 is 9.64 Å². The number of benzene rings is 2. The molecule has 190 valence electrons. The number of carbonyl (C=O) groups is 1. The lowest BCUT2D eigenvalue weighted by atomic mass is 9.94. The first-order valence-electron chi connectivity index (χ1n) is 11.9. The van der Waals surface area contributed by atoms with Crippen molar-refractivity contribution in [2.75, 3.05) is 45.3 Å². The van der Waals surface area contributed by atoms with Crippen LogP contribution in [0.25, 0.3) is 0 Å². The summed E-state index contributed by atoms with van der Waals surface area (Å²) in [5.74, 6) is 0.151. The molecule has 7 nitrogen and oxygen atoms in total. The van der Waals surface area contributed by atoms with Gasteiger partial charge in [-0.2, -0.15) is 0 Å². The van der Waals surface area contributed by atoms with Crippen LogP contribution in [0, 0.1) is 22.5 Å². The van der Waals surface area contributed by atoms with Crippen LogP contribution < -0.4 is 0 Å². The fourth-order valence-electron chi connectivity index (χ4n) is 3.89. The van der Waals surface area contributed by atoms with E-state index in [4.69, 9.17) is 16.3 Å². The number of non-ortho nitro benzene ring substituents is 1. The molecular weight excluding hydrogens is 486 g/mol. The van der Waals surface area contributed by atoms with Crippen molar-refractivity contribution in [1.82, 2.24) is 9.80 Å². The molecule has 1 aliphatic heterocycles. The number of carbonyl (C=O) groups excluding carboxylic acids is 1. The summed E-state index contributed by atoms with van der Waals surface area (Å²) >= 11 is 7.69. The van der Waals surface area contributed by atoms with Crippen LogP contribution in [-0.4, -0.2) is 65.9 Å². The Hall–Kier alpha value is -2.13. The van der Waals surface area contributed by atoms with E-state index in [0.717, 1.165) is 54.6 Å². The number of morpholine rings is 1. The highest BCUT2D eigenvalue weighted by Crippen LogP contribution is 2.34. The van der Waals surface area contributed by atoms with E-state index in [1.165, 1.54) is 11.6 Å². The van der Waals surface area contributed by atoms with Crippen LogP contribution in [0.1, 0.15) is 31.4 Å². The SMILES string of the molecule is Cc1ccc(Sc2ccc([N+](=O)[O-])cc2CN(CCCN2CCOCC2)C(=O)C(C)(C)CCl)cc1. The second-order valence-corrected chi connectivity index (χ2v) is 10.9. The first-order valence-corrected chi connectivity index (χ1v) is 13.2. The van der Waals surface area contributed by atoms with Gasteiger partial charge in [0.05, 0.1) is 23.6 Å². The molecule has 1 amide bonds. The largest absolute Gasteiger partial charge is 0.379 e. The normalized spacial score (nSPS) is 14.6. The molecule has 0 aromatic heterocycles. The number of rotatable bonds is 11. The van der Waals surface area contributed by atoms with Crippen LogP contribution in [0.5, 0.6) is 0 Å². The average Bonchev–Trinajstić information content (AvgIpc) is 2.85. The monoisotopic (exact) mass is 519 g/mol. The van der Waals surface area contributed by atoms with Gasteiger partial charge in [-0.25, -0.2) is 0 Å². The summed E-state index contributed by atoms with van der Waals surface area (Å²) < 4.78 is 5.42. The van der Waals surface area contributed by atoms with Crippen LogP contribution in [0.3, 0.4) is 0 Å². The predicted octanol–water partition coefficient (Wildman–Crippen LogP) is 5.37. The number of ether oxygens (including phenoxy) is 1. The molecule has 1 aliphatic rings. The molecule has 9 heteroatoms. The van der Waals surface area contributed by atoms with Crippen molar-refractivity contribution < 1.29 is 14.5 Å². The molecule has 0 saturated carbocycles. The van der Waals surface area contributed by atoms with Gasteiger partial charge >= 0.3 is 0 Å². The van der Waals surface area contributed by atoms with E-state index in [1.54, 1.807) is 28.8 Å². The van der Waals surface area contributed by atoms with Gasteiger partial charge in [-0.3, -0.25) is 19.8 Å². The standard InChI is InChI=1S/C26H34ClN3O4S/c1-20-5-8-23(9-6-20)35-24-10-7-22(30(32)33)17-21(24)18-29(25(31)26(2,3)19-27)12-4-11-28-13-15-34-16-14-28/h5-10,17H,4,11-16,18-19H2,1-3H3. The fourth-order valence-corrected chi connectivity index (χ4v) is 4.92. The lowest BCUT2D eigenvalue weighted by molar-refractivity contribution is -0.385. The minimum absolute atomic E-state index is 0.0191. The molecule has 0 atom stereocenters. The maximum absolute atomic E-state index is 13.5. The number of hydrogen-bond acceptors (Lipinski definition) is 6. The Morgan fingerprint density at radius 3 is 2.51 bits per heavy atom. The maximum Gasteiger partial charge on any atom is 0.269 e. The van der Waals surface area contributed by atoms with Crippen molar-refractivity contribution in [3.63, 3.8) is 0 Å².